The Kier molecular flexibility index (Phi) is 2.87. The van der Waals surface area contributed by atoms with Crippen LogP contribution in [0.2, 0.25) is 0 Å². The van der Waals surface area contributed by atoms with E-state index >= 15 is 0 Å². The molecule has 0 aliphatic carbocycles. The van der Waals surface area contributed by atoms with Gasteiger partial charge in [-0.15, -0.1) is 0 Å². The molecule has 0 unspecified atom stereocenters. The predicted octanol–water partition coefficient (Wildman–Crippen LogP) is 0.806. The maximum absolute atomic E-state index is 13.0. The normalized spacial score (nSPS) is 10.6. The van der Waals surface area contributed by atoms with Gasteiger partial charge in [-0.05, 0) is 31.2 Å². The molecular weight excluding hydrogens is 209 g/mol. The molecule has 1 heterocycles. The highest BCUT2D eigenvalue weighted by molar-refractivity contribution is 5.31. The summed E-state index contributed by atoms with van der Waals surface area (Å²) in [5, 5.41) is 2.78. The zero-order chi connectivity index (χ0) is 11.5. The minimum atomic E-state index is -0.376. The second-order valence-corrected chi connectivity index (χ2v) is 3.46. The third kappa shape index (κ3) is 1.90. The van der Waals surface area contributed by atoms with E-state index in [2.05, 4.69) is 5.10 Å². The summed E-state index contributed by atoms with van der Waals surface area (Å²) < 4.78 is 14.3. The van der Waals surface area contributed by atoms with Crippen LogP contribution in [0.1, 0.15) is 5.56 Å². The number of nitrogens with two attached hydrogens (primary N) is 1. The lowest BCUT2D eigenvalue weighted by atomic mass is 10.2. The molecule has 0 spiro atoms. The highest BCUT2D eigenvalue weighted by Crippen LogP contribution is 2.06. The van der Waals surface area contributed by atoms with Crippen molar-refractivity contribution in [3.05, 3.63) is 52.2 Å². The molecule has 0 aliphatic rings. The van der Waals surface area contributed by atoms with Gasteiger partial charge in [0.1, 0.15) is 5.82 Å². The van der Waals surface area contributed by atoms with Gasteiger partial charge in [-0.2, -0.15) is 0 Å². The number of hydrogen-bond acceptors (Lipinski definition) is 2. The van der Waals surface area contributed by atoms with Crippen LogP contribution < -0.4 is 11.3 Å². The van der Waals surface area contributed by atoms with Crippen LogP contribution in [0.5, 0.6) is 0 Å². The minimum absolute atomic E-state index is 0.184. The van der Waals surface area contributed by atoms with Crippen molar-refractivity contribution in [3.8, 4) is 5.69 Å². The molecule has 0 aliphatic heterocycles. The van der Waals surface area contributed by atoms with E-state index in [1.54, 1.807) is 18.3 Å². The number of hydrogen-bond donors (Lipinski definition) is 2. The average Bonchev–Trinajstić information content (AvgIpc) is 2.61. The number of rotatable bonds is 3. The molecule has 84 valence electrons. The number of nitrogens with one attached hydrogen (secondary N) is 1. The molecule has 1 aromatic carbocycles. The number of aromatic amines is 1. The lowest BCUT2D eigenvalue weighted by molar-refractivity contribution is 0.625. The molecule has 0 amide bonds. The van der Waals surface area contributed by atoms with E-state index in [0.717, 1.165) is 0 Å². The fraction of sp³-hybridized carbons (Fsp3) is 0.182. The molecular formula is C11H12FN3O. The maximum Gasteiger partial charge on any atom is 0.274 e. The van der Waals surface area contributed by atoms with Crippen molar-refractivity contribution in [2.24, 2.45) is 5.73 Å². The monoisotopic (exact) mass is 221 g/mol. The van der Waals surface area contributed by atoms with Crippen LogP contribution in [0, 0.1) is 5.82 Å². The van der Waals surface area contributed by atoms with Crippen molar-refractivity contribution < 1.29 is 4.39 Å². The van der Waals surface area contributed by atoms with Crippen LogP contribution >= 0.6 is 0 Å². The van der Waals surface area contributed by atoms with Gasteiger partial charge in [0.15, 0.2) is 0 Å². The Balaban J connectivity index is 2.45. The number of nitrogens with zero attached hydrogens (tertiary/aromatic N) is 1. The molecule has 0 fully saturated rings. The van der Waals surface area contributed by atoms with Crippen molar-refractivity contribution >= 4 is 0 Å². The van der Waals surface area contributed by atoms with Gasteiger partial charge in [0, 0.05) is 11.8 Å². The molecule has 4 nitrogen and oxygen atoms in total. The topological polar surface area (TPSA) is 63.8 Å². The molecule has 2 aromatic rings. The largest absolute Gasteiger partial charge is 0.330 e. The molecule has 0 bridgehead atoms. The third-order valence-electron chi connectivity index (χ3n) is 2.33. The molecule has 0 atom stereocenters. The van der Waals surface area contributed by atoms with E-state index in [1.165, 1.54) is 16.8 Å². The van der Waals surface area contributed by atoms with Gasteiger partial charge in [-0.25, -0.2) is 9.07 Å². The molecule has 5 heteroatoms. The zero-order valence-corrected chi connectivity index (χ0v) is 8.61. The second-order valence-electron chi connectivity index (χ2n) is 3.46. The fourth-order valence-corrected chi connectivity index (χ4v) is 1.55. The summed E-state index contributed by atoms with van der Waals surface area (Å²) in [5.41, 5.74) is 6.28. The summed E-state index contributed by atoms with van der Waals surface area (Å²) in [6.07, 6.45) is 2.11. The van der Waals surface area contributed by atoms with E-state index in [1.807, 2.05) is 0 Å². The SMILES string of the molecule is NCCc1c[nH]n(-c2cccc(F)c2)c1=O. The van der Waals surface area contributed by atoms with Gasteiger partial charge < -0.3 is 5.73 Å². The highest BCUT2D eigenvalue weighted by Gasteiger charge is 2.07. The first-order valence-electron chi connectivity index (χ1n) is 4.97. The van der Waals surface area contributed by atoms with Crippen molar-refractivity contribution in [1.82, 2.24) is 9.78 Å². The average molecular weight is 221 g/mol. The van der Waals surface area contributed by atoms with Crippen LogP contribution in [0.15, 0.2) is 35.3 Å². The van der Waals surface area contributed by atoms with Crippen LogP contribution in [0.3, 0.4) is 0 Å². The standard InChI is InChI=1S/C11H12FN3O/c12-9-2-1-3-10(6-9)15-11(16)8(4-5-13)7-14-15/h1-3,6-7,14H,4-5,13H2. The highest BCUT2D eigenvalue weighted by atomic mass is 19.1. The zero-order valence-electron chi connectivity index (χ0n) is 8.61. The van der Waals surface area contributed by atoms with E-state index in [0.29, 0.717) is 24.2 Å². The summed E-state index contributed by atoms with van der Waals surface area (Å²) in [7, 11) is 0. The van der Waals surface area contributed by atoms with Crippen molar-refractivity contribution in [1.29, 1.82) is 0 Å². The van der Waals surface area contributed by atoms with Crippen LogP contribution in [0.25, 0.3) is 5.69 Å². The number of halogens is 1. The van der Waals surface area contributed by atoms with E-state index < -0.39 is 0 Å². The van der Waals surface area contributed by atoms with Gasteiger partial charge >= 0.3 is 0 Å². The maximum atomic E-state index is 13.0. The quantitative estimate of drug-likeness (QED) is 0.805. The Labute approximate surface area is 91.5 Å². The Hall–Kier alpha value is -1.88. The van der Waals surface area contributed by atoms with Gasteiger partial charge in [-0.1, -0.05) is 6.07 Å². The van der Waals surface area contributed by atoms with Gasteiger partial charge in [0.2, 0.25) is 0 Å². The molecule has 2 rings (SSSR count). The van der Waals surface area contributed by atoms with E-state index in [9.17, 15) is 9.18 Å². The molecule has 0 saturated carbocycles. The predicted molar refractivity (Wildman–Crippen MR) is 59.1 cm³/mol. The smallest absolute Gasteiger partial charge is 0.274 e. The van der Waals surface area contributed by atoms with E-state index in [-0.39, 0.29) is 11.4 Å². The first kappa shape index (κ1) is 10.6. The lowest BCUT2D eigenvalue weighted by Gasteiger charge is -2.00. The van der Waals surface area contributed by atoms with Crippen LogP contribution in [-0.2, 0) is 6.42 Å². The molecule has 0 saturated heterocycles. The van der Waals surface area contributed by atoms with Crippen LogP contribution in [-0.4, -0.2) is 16.3 Å². The van der Waals surface area contributed by atoms with Crippen molar-refractivity contribution in [2.45, 2.75) is 6.42 Å². The fourth-order valence-electron chi connectivity index (χ4n) is 1.55. The van der Waals surface area contributed by atoms with Crippen molar-refractivity contribution in [2.75, 3.05) is 6.54 Å². The first-order chi connectivity index (χ1) is 7.72. The van der Waals surface area contributed by atoms with E-state index in [4.69, 9.17) is 5.73 Å². The third-order valence-corrected chi connectivity index (χ3v) is 2.33. The van der Waals surface area contributed by atoms with Crippen LogP contribution in [0.4, 0.5) is 4.39 Å². The summed E-state index contributed by atoms with van der Waals surface area (Å²) in [6, 6.07) is 5.84. The summed E-state index contributed by atoms with van der Waals surface area (Å²) in [5.74, 6) is -0.376. The molecule has 1 aromatic heterocycles. The Morgan fingerprint density at radius 1 is 1.44 bits per heavy atom. The van der Waals surface area contributed by atoms with Gasteiger partial charge in [0.05, 0.1) is 5.69 Å². The Morgan fingerprint density at radius 2 is 2.25 bits per heavy atom. The summed E-state index contributed by atoms with van der Waals surface area (Å²) >= 11 is 0. The molecule has 16 heavy (non-hydrogen) atoms. The van der Waals surface area contributed by atoms with Gasteiger partial charge in [0.25, 0.3) is 5.56 Å². The minimum Gasteiger partial charge on any atom is -0.330 e. The second kappa shape index (κ2) is 4.32. The Morgan fingerprint density at radius 3 is 2.94 bits per heavy atom. The Bertz CT molecular complexity index is 544. The number of aromatic nitrogens is 2. The molecule has 3 N–H and O–H groups in total. The van der Waals surface area contributed by atoms with Gasteiger partial charge in [-0.3, -0.25) is 9.89 Å². The van der Waals surface area contributed by atoms with Crippen molar-refractivity contribution in [3.63, 3.8) is 0 Å². The number of H-pyrrole nitrogens is 1. The lowest BCUT2D eigenvalue weighted by Crippen LogP contribution is -2.19. The summed E-state index contributed by atoms with van der Waals surface area (Å²) in [4.78, 5) is 11.8. The molecule has 0 radical (unpaired) electrons. The first-order valence-corrected chi connectivity index (χ1v) is 4.97. The summed E-state index contributed by atoms with van der Waals surface area (Å²) in [6.45, 7) is 0.413. The number of benzene rings is 1.